The van der Waals surface area contributed by atoms with E-state index in [0.29, 0.717) is 25.7 Å². The van der Waals surface area contributed by atoms with Crippen molar-refractivity contribution in [3.63, 3.8) is 0 Å². The monoisotopic (exact) mass is 330 g/mol. The first kappa shape index (κ1) is 15.5. The number of hydrogen-bond donors (Lipinski definition) is 0. The normalized spacial score (nSPS) is 42.5. The third kappa shape index (κ3) is 2.01. The van der Waals surface area contributed by atoms with Gasteiger partial charge in [-0.1, -0.05) is 0 Å². The summed E-state index contributed by atoms with van der Waals surface area (Å²) >= 11 is 0. The fraction of sp³-hybridized carbons (Fsp3) is 0.667. The van der Waals surface area contributed by atoms with Crippen LogP contribution in [0.1, 0.15) is 38.5 Å². The third-order valence-corrected chi connectivity index (χ3v) is 6.69. The molecule has 24 heavy (non-hydrogen) atoms. The molecule has 0 aliphatic heterocycles. The second kappa shape index (κ2) is 5.26. The Labute approximate surface area is 138 Å². The topological polar surface area (TPSA) is 102 Å². The van der Waals surface area contributed by atoms with Gasteiger partial charge in [-0.25, -0.2) is 0 Å². The van der Waals surface area contributed by atoms with Crippen LogP contribution in [0.2, 0.25) is 0 Å². The van der Waals surface area contributed by atoms with Gasteiger partial charge in [0.15, 0.2) is 0 Å². The summed E-state index contributed by atoms with van der Waals surface area (Å²) in [4.78, 5) is 70.8. The zero-order valence-electron chi connectivity index (χ0n) is 13.2. The second-order valence-corrected chi connectivity index (χ2v) is 7.69. The Bertz CT molecular complexity index is 644. The highest BCUT2D eigenvalue weighted by Crippen LogP contribution is 2.48. The van der Waals surface area contributed by atoms with Crippen molar-refractivity contribution in [1.82, 2.24) is 0 Å². The van der Waals surface area contributed by atoms with Gasteiger partial charge in [-0.15, -0.1) is 0 Å². The minimum Gasteiger partial charge on any atom is -0.290 e. The lowest BCUT2D eigenvalue weighted by atomic mass is 9.64. The maximum absolute atomic E-state index is 12.0. The van der Waals surface area contributed by atoms with E-state index in [1.807, 2.05) is 0 Å². The van der Waals surface area contributed by atoms with Crippen molar-refractivity contribution in [1.29, 1.82) is 0 Å². The quantitative estimate of drug-likeness (QED) is 0.649. The van der Waals surface area contributed by atoms with Gasteiger partial charge in [0.1, 0.15) is 0 Å². The van der Waals surface area contributed by atoms with E-state index in [1.54, 1.807) is 0 Å². The van der Waals surface area contributed by atoms with E-state index in [0.717, 1.165) is 12.8 Å². The van der Waals surface area contributed by atoms with Crippen molar-refractivity contribution < 1.29 is 28.8 Å². The molecule has 0 saturated heterocycles. The Hall–Kier alpha value is -1.98. The second-order valence-electron chi connectivity index (χ2n) is 7.69. The van der Waals surface area contributed by atoms with E-state index >= 15 is 0 Å². The molecule has 0 N–H and O–H groups in total. The highest BCUT2D eigenvalue weighted by atomic mass is 16.2. The minimum absolute atomic E-state index is 0.174. The Morgan fingerprint density at radius 1 is 0.458 bits per heavy atom. The lowest BCUT2D eigenvalue weighted by Crippen LogP contribution is -2.35. The van der Waals surface area contributed by atoms with E-state index in [-0.39, 0.29) is 11.8 Å². The van der Waals surface area contributed by atoms with E-state index in [4.69, 9.17) is 0 Å². The van der Waals surface area contributed by atoms with Crippen molar-refractivity contribution in [3.8, 4) is 0 Å². The summed E-state index contributed by atoms with van der Waals surface area (Å²) in [6.45, 7) is 0. The Morgan fingerprint density at radius 3 is 1.17 bits per heavy atom. The van der Waals surface area contributed by atoms with Crippen LogP contribution in [0.15, 0.2) is 0 Å². The predicted octanol–water partition coefficient (Wildman–Crippen LogP) is 0.493. The average molecular weight is 330 g/mol. The van der Waals surface area contributed by atoms with Crippen LogP contribution >= 0.6 is 0 Å². The van der Waals surface area contributed by atoms with E-state index < -0.39 is 58.4 Å². The standard InChI is InChI=1S/C18H18O6/c19-13-9-3-1-7(5-11(9)15(21)17(13)23)8-2-4-10-12(6-8)16(22)18(24)14(10)20/h7-12H,1-6H2. The zero-order chi connectivity index (χ0) is 17.2. The molecule has 6 heteroatoms. The van der Waals surface area contributed by atoms with E-state index in [9.17, 15) is 28.8 Å². The summed E-state index contributed by atoms with van der Waals surface area (Å²) in [6, 6.07) is 0. The summed E-state index contributed by atoms with van der Waals surface area (Å²) < 4.78 is 0. The number of Topliss-reactive ketones (excluding diaryl/α,β-unsaturated/α-hetero) is 6. The molecule has 4 saturated carbocycles. The maximum Gasteiger partial charge on any atom is 0.264 e. The van der Waals surface area contributed by atoms with Gasteiger partial charge in [-0.2, -0.15) is 0 Å². The molecule has 0 heterocycles. The van der Waals surface area contributed by atoms with Crippen LogP contribution in [-0.4, -0.2) is 34.7 Å². The minimum atomic E-state index is -0.850. The molecular formula is C18H18O6. The van der Waals surface area contributed by atoms with Gasteiger partial charge >= 0.3 is 0 Å². The lowest BCUT2D eigenvalue weighted by molar-refractivity contribution is -0.141. The molecular weight excluding hydrogens is 312 g/mol. The zero-order valence-corrected chi connectivity index (χ0v) is 13.2. The molecule has 4 rings (SSSR count). The Kier molecular flexibility index (Phi) is 3.41. The highest BCUT2D eigenvalue weighted by molar-refractivity contribution is 6.68. The van der Waals surface area contributed by atoms with Gasteiger partial charge < -0.3 is 0 Å². The van der Waals surface area contributed by atoms with E-state index in [1.165, 1.54) is 0 Å². The number of hydrogen-bond acceptors (Lipinski definition) is 6. The van der Waals surface area contributed by atoms with Crippen LogP contribution in [0.3, 0.4) is 0 Å². The van der Waals surface area contributed by atoms with Gasteiger partial charge in [0.25, 0.3) is 11.6 Å². The van der Waals surface area contributed by atoms with Crippen molar-refractivity contribution in [2.45, 2.75) is 38.5 Å². The van der Waals surface area contributed by atoms with Crippen LogP contribution in [-0.2, 0) is 28.8 Å². The molecule has 0 aromatic carbocycles. The van der Waals surface area contributed by atoms with E-state index in [2.05, 4.69) is 0 Å². The lowest BCUT2D eigenvalue weighted by Gasteiger charge is -2.39. The van der Waals surface area contributed by atoms with Crippen LogP contribution in [0.4, 0.5) is 0 Å². The molecule has 0 bridgehead atoms. The van der Waals surface area contributed by atoms with Crippen LogP contribution < -0.4 is 0 Å². The molecule has 0 aromatic heterocycles. The Balaban J connectivity index is 1.49. The van der Waals surface area contributed by atoms with Crippen molar-refractivity contribution >= 4 is 34.7 Å². The van der Waals surface area contributed by atoms with Crippen LogP contribution in [0.5, 0.6) is 0 Å². The smallest absolute Gasteiger partial charge is 0.264 e. The highest BCUT2D eigenvalue weighted by Gasteiger charge is 2.55. The molecule has 6 atom stereocenters. The SMILES string of the molecule is O=C1C(=O)C2CCC(C3CCC4C(=O)C(=O)C(=O)C4C3)CC2C1=O. The number of fused-ring (bicyclic) bond motifs is 2. The summed E-state index contributed by atoms with van der Waals surface area (Å²) in [7, 11) is 0. The van der Waals surface area contributed by atoms with Crippen LogP contribution in [0, 0.1) is 35.5 Å². The van der Waals surface area contributed by atoms with Gasteiger partial charge in [-0.3, -0.25) is 28.8 Å². The molecule has 126 valence electrons. The first-order chi connectivity index (χ1) is 11.4. The summed E-state index contributed by atoms with van der Waals surface area (Å²) in [5.41, 5.74) is 0. The molecule has 0 aromatic rings. The first-order valence-electron chi connectivity index (χ1n) is 8.65. The molecule has 4 aliphatic rings. The molecule has 4 fully saturated rings. The fourth-order valence-corrected chi connectivity index (χ4v) is 5.39. The molecule has 0 radical (unpaired) electrons. The molecule has 6 nitrogen and oxygen atoms in total. The van der Waals surface area contributed by atoms with Gasteiger partial charge in [0.2, 0.25) is 23.1 Å². The molecule has 0 spiro atoms. The number of carbonyl (C=O) groups excluding carboxylic acids is 6. The molecule has 0 amide bonds. The van der Waals surface area contributed by atoms with Crippen molar-refractivity contribution in [2.75, 3.05) is 0 Å². The number of rotatable bonds is 1. The number of carbonyl (C=O) groups is 6. The van der Waals surface area contributed by atoms with Gasteiger partial charge in [0, 0.05) is 23.7 Å². The fourth-order valence-electron chi connectivity index (χ4n) is 5.39. The summed E-state index contributed by atoms with van der Waals surface area (Å²) in [6.07, 6.45) is 3.62. The van der Waals surface area contributed by atoms with Crippen molar-refractivity contribution in [3.05, 3.63) is 0 Å². The third-order valence-electron chi connectivity index (χ3n) is 6.69. The molecule has 4 aliphatic carbocycles. The largest absolute Gasteiger partial charge is 0.290 e. The summed E-state index contributed by atoms with van der Waals surface area (Å²) in [5.74, 6) is -5.41. The number of ketones is 6. The van der Waals surface area contributed by atoms with Gasteiger partial charge in [-0.05, 0) is 50.4 Å². The Morgan fingerprint density at radius 2 is 0.792 bits per heavy atom. The molecule has 6 unspecified atom stereocenters. The van der Waals surface area contributed by atoms with Crippen LogP contribution in [0.25, 0.3) is 0 Å². The van der Waals surface area contributed by atoms with Crippen molar-refractivity contribution in [2.24, 2.45) is 35.5 Å². The average Bonchev–Trinajstić information content (AvgIpc) is 2.95. The maximum atomic E-state index is 12.0. The predicted molar refractivity (Wildman–Crippen MR) is 78.7 cm³/mol. The first-order valence-corrected chi connectivity index (χ1v) is 8.65. The van der Waals surface area contributed by atoms with Gasteiger partial charge in [0.05, 0.1) is 0 Å². The summed E-state index contributed by atoms with van der Waals surface area (Å²) in [5, 5.41) is 0.